The summed E-state index contributed by atoms with van der Waals surface area (Å²) in [6.45, 7) is 1.48. The molecule has 76 valence electrons. The largest absolute Gasteiger partial charge is 0.381 e. The highest BCUT2D eigenvalue weighted by atomic mass is 16.5. The lowest BCUT2D eigenvalue weighted by atomic mass is 10.2. The van der Waals surface area contributed by atoms with Crippen molar-refractivity contribution in [2.75, 3.05) is 13.2 Å². The summed E-state index contributed by atoms with van der Waals surface area (Å²) in [5.74, 6) is 0. The van der Waals surface area contributed by atoms with E-state index >= 15 is 0 Å². The summed E-state index contributed by atoms with van der Waals surface area (Å²) in [5.41, 5.74) is 2.37. The van der Waals surface area contributed by atoms with Crippen LogP contribution in [0.1, 0.15) is 30.3 Å². The quantitative estimate of drug-likeness (QED) is 0.712. The van der Waals surface area contributed by atoms with Gasteiger partial charge in [-0.15, -0.1) is 0 Å². The fourth-order valence-corrected chi connectivity index (χ4v) is 2.17. The van der Waals surface area contributed by atoms with Gasteiger partial charge in [-0.1, -0.05) is 0 Å². The van der Waals surface area contributed by atoms with Gasteiger partial charge in [0.2, 0.25) is 0 Å². The Morgan fingerprint density at radius 3 is 2.86 bits per heavy atom. The molecule has 1 aromatic rings. The van der Waals surface area contributed by atoms with Gasteiger partial charge in [0.1, 0.15) is 0 Å². The van der Waals surface area contributed by atoms with E-state index in [2.05, 4.69) is 4.98 Å². The Hall–Kier alpha value is -1.03. The van der Waals surface area contributed by atoms with Gasteiger partial charge in [0.25, 0.3) is 0 Å². The zero-order valence-corrected chi connectivity index (χ0v) is 8.08. The van der Waals surface area contributed by atoms with Crippen molar-refractivity contribution in [3.8, 4) is 0 Å². The smallest absolute Gasteiger partial charge is 0.326 e. The molecule has 1 aliphatic carbocycles. The second-order valence-corrected chi connectivity index (χ2v) is 4.07. The second kappa shape index (κ2) is 2.98. The van der Waals surface area contributed by atoms with Crippen LogP contribution < -0.4 is 5.69 Å². The summed E-state index contributed by atoms with van der Waals surface area (Å²) in [6, 6.07) is 0.473. The van der Waals surface area contributed by atoms with Gasteiger partial charge in [-0.2, -0.15) is 0 Å². The first kappa shape index (κ1) is 8.29. The van der Waals surface area contributed by atoms with Crippen LogP contribution in [0.25, 0.3) is 0 Å². The van der Waals surface area contributed by atoms with Gasteiger partial charge in [0.15, 0.2) is 0 Å². The third-order valence-corrected chi connectivity index (χ3v) is 3.01. The predicted octanol–water partition coefficient (Wildman–Crippen LogP) is 0.626. The number of rotatable bonds is 1. The van der Waals surface area contributed by atoms with Gasteiger partial charge in [-0.25, -0.2) is 4.79 Å². The number of fused-ring (bicyclic) bond motifs is 1. The SMILES string of the molecule is O=c1[nH]c2c(n1C1CC1)CCOCC2. The average molecular weight is 194 g/mol. The Morgan fingerprint density at radius 2 is 2.07 bits per heavy atom. The number of hydrogen-bond donors (Lipinski definition) is 1. The zero-order chi connectivity index (χ0) is 9.54. The van der Waals surface area contributed by atoms with Gasteiger partial charge < -0.3 is 9.72 Å². The van der Waals surface area contributed by atoms with E-state index in [-0.39, 0.29) is 5.69 Å². The number of hydrogen-bond acceptors (Lipinski definition) is 2. The van der Waals surface area contributed by atoms with Crippen molar-refractivity contribution in [1.29, 1.82) is 0 Å². The molecule has 14 heavy (non-hydrogen) atoms. The first-order valence-corrected chi connectivity index (χ1v) is 5.26. The van der Waals surface area contributed by atoms with Crippen molar-refractivity contribution in [3.05, 3.63) is 21.9 Å². The van der Waals surface area contributed by atoms with Crippen LogP contribution in [0.3, 0.4) is 0 Å². The van der Waals surface area contributed by atoms with Crippen LogP contribution in [-0.2, 0) is 17.6 Å². The highest BCUT2D eigenvalue weighted by Crippen LogP contribution is 2.35. The lowest BCUT2D eigenvalue weighted by molar-refractivity contribution is 0.145. The summed E-state index contributed by atoms with van der Waals surface area (Å²) in [7, 11) is 0. The fourth-order valence-electron chi connectivity index (χ4n) is 2.17. The van der Waals surface area contributed by atoms with Crippen LogP contribution >= 0.6 is 0 Å². The van der Waals surface area contributed by atoms with Crippen LogP contribution in [0.2, 0.25) is 0 Å². The zero-order valence-electron chi connectivity index (χ0n) is 8.08. The summed E-state index contributed by atoms with van der Waals surface area (Å²) < 4.78 is 7.34. The van der Waals surface area contributed by atoms with Crippen LogP contribution in [0.4, 0.5) is 0 Å². The topological polar surface area (TPSA) is 47.0 Å². The standard InChI is InChI=1S/C10H14N2O2/c13-10-11-8-3-5-14-6-4-9(8)12(10)7-1-2-7/h7H,1-6H2,(H,11,13). The molecular weight excluding hydrogens is 180 g/mol. The molecule has 2 aliphatic rings. The number of imidazole rings is 1. The Balaban J connectivity index is 2.09. The molecule has 0 radical (unpaired) electrons. The fraction of sp³-hybridized carbons (Fsp3) is 0.700. The number of nitrogens with zero attached hydrogens (tertiary/aromatic N) is 1. The number of aromatic amines is 1. The molecule has 1 saturated carbocycles. The molecule has 0 aromatic carbocycles. The van der Waals surface area contributed by atoms with Crippen LogP contribution in [0.5, 0.6) is 0 Å². The molecule has 1 N–H and O–H groups in total. The van der Waals surface area contributed by atoms with Crippen molar-refractivity contribution in [2.24, 2.45) is 0 Å². The maximum Gasteiger partial charge on any atom is 0.326 e. The van der Waals surface area contributed by atoms with Crippen molar-refractivity contribution in [2.45, 2.75) is 31.7 Å². The van der Waals surface area contributed by atoms with Gasteiger partial charge in [-0.05, 0) is 12.8 Å². The highest BCUT2D eigenvalue weighted by molar-refractivity contribution is 5.17. The molecule has 1 aliphatic heterocycles. The molecule has 2 heterocycles. The van der Waals surface area contributed by atoms with E-state index < -0.39 is 0 Å². The van der Waals surface area contributed by atoms with E-state index in [4.69, 9.17) is 4.74 Å². The minimum absolute atomic E-state index is 0.0828. The maximum absolute atomic E-state index is 11.7. The first-order chi connectivity index (χ1) is 6.86. The molecule has 0 amide bonds. The first-order valence-electron chi connectivity index (χ1n) is 5.26. The van der Waals surface area contributed by atoms with Gasteiger partial charge in [-0.3, -0.25) is 4.57 Å². The third kappa shape index (κ3) is 1.21. The van der Waals surface area contributed by atoms with Gasteiger partial charge in [0.05, 0.1) is 13.2 Å². The molecule has 0 bridgehead atoms. The number of H-pyrrole nitrogens is 1. The van der Waals surface area contributed by atoms with Crippen molar-refractivity contribution in [1.82, 2.24) is 9.55 Å². The normalized spacial score (nSPS) is 21.7. The lowest BCUT2D eigenvalue weighted by Crippen LogP contribution is -2.18. The van der Waals surface area contributed by atoms with E-state index in [1.54, 1.807) is 0 Å². The minimum atomic E-state index is 0.0828. The predicted molar refractivity (Wildman–Crippen MR) is 51.6 cm³/mol. The lowest BCUT2D eigenvalue weighted by Gasteiger charge is -2.04. The molecular formula is C10H14N2O2. The summed E-state index contributed by atoms with van der Waals surface area (Å²) in [5, 5.41) is 0. The van der Waals surface area contributed by atoms with Crippen LogP contribution in [0, 0.1) is 0 Å². The average Bonchev–Trinajstić information content (AvgIpc) is 2.95. The van der Waals surface area contributed by atoms with Crippen LogP contribution in [0.15, 0.2) is 4.79 Å². The molecule has 1 aromatic heterocycles. The third-order valence-electron chi connectivity index (χ3n) is 3.01. The monoisotopic (exact) mass is 194 g/mol. The molecule has 4 heteroatoms. The molecule has 0 saturated heterocycles. The van der Waals surface area contributed by atoms with E-state index in [1.807, 2.05) is 4.57 Å². The Bertz CT molecular complexity index is 401. The molecule has 4 nitrogen and oxygen atoms in total. The molecule has 0 atom stereocenters. The Morgan fingerprint density at radius 1 is 1.29 bits per heavy atom. The van der Waals surface area contributed by atoms with E-state index in [9.17, 15) is 4.79 Å². The highest BCUT2D eigenvalue weighted by Gasteiger charge is 2.29. The Kier molecular flexibility index (Phi) is 1.77. The number of nitrogens with one attached hydrogen (secondary N) is 1. The van der Waals surface area contributed by atoms with Crippen molar-refractivity contribution in [3.63, 3.8) is 0 Å². The summed E-state index contributed by atoms with van der Waals surface area (Å²) >= 11 is 0. The van der Waals surface area contributed by atoms with Crippen molar-refractivity contribution >= 4 is 0 Å². The number of aromatic nitrogens is 2. The number of ether oxygens (including phenoxy) is 1. The van der Waals surface area contributed by atoms with E-state index in [0.29, 0.717) is 6.04 Å². The van der Waals surface area contributed by atoms with Gasteiger partial charge >= 0.3 is 5.69 Å². The molecule has 1 fully saturated rings. The minimum Gasteiger partial charge on any atom is -0.381 e. The molecule has 3 rings (SSSR count). The summed E-state index contributed by atoms with van der Waals surface area (Å²) in [4.78, 5) is 14.6. The molecule has 0 spiro atoms. The second-order valence-electron chi connectivity index (χ2n) is 4.07. The summed E-state index contributed by atoms with van der Waals surface area (Å²) in [6.07, 6.45) is 4.05. The maximum atomic E-state index is 11.7. The van der Waals surface area contributed by atoms with Crippen LogP contribution in [-0.4, -0.2) is 22.8 Å². The van der Waals surface area contributed by atoms with E-state index in [1.165, 1.54) is 5.69 Å². The molecule has 0 unspecified atom stereocenters. The Labute approximate surface area is 81.9 Å². The van der Waals surface area contributed by atoms with Gasteiger partial charge in [0, 0.05) is 30.3 Å². The van der Waals surface area contributed by atoms with E-state index in [0.717, 1.165) is 44.6 Å². The van der Waals surface area contributed by atoms with Crippen molar-refractivity contribution < 1.29 is 4.74 Å².